The van der Waals surface area contributed by atoms with Gasteiger partial charge in [0.25, 0.3) is 0 Å². The van der Waals surface area contributed by atoms with Crippen LogP contribution >= 0.6 is 0 Å². The number of carboxylic acid groups (broad SMARTS) is 1. The third-order valence-corrected chi connectivity index (χ3v) is 1.19. The van der Waals surface area contributed by atoms with Crippen molar-refractivity contribution >= 4 is 5.97 Å². The summed E-state index contributed by atoms with van der Waals surface area (Å²) in [6.45, 7) is 0. The van der Waals surface area contributed by atoms with Crippen molar-refractivity contribution in [3.05, 3.63) is 30.3 Å². The van der Waals surface area contributed by atoms with Gasteiger partial charge in [0.2, 0.25) is 0 Å². The van der Waals surface area contributed by atoms with Crippen molar-refractivity contribution in [3.8, 4) is 0 Å². The summed E-state index contributed by atoms with van der Waals surface area (Å²) in [7, 11) is 0. The van der Waals surface area contributed by atoms with Gasteiger partial charge >= 0.3 is 18.2 Å². The minimum atomic E-state index is -2.98. The van der Waals surface area contributed by atoms with E-state index in [0.29, 0.717) is 0 Å². The second-order valence-electron chi connectivity index (χ2n) is 2.05. The van der Waals surface area contributed by atoms with Crippen molar-refractivity contribution in [2.75, 3.05) is 0 Å². The van der Waals surface area contributed by atoms with E-state index < -0.39 is 32.9 Å². The Bertz CT molecular complexity index is 240. The molecule has 1 unspecified atom stereocenters. The lowest BCUT2D eigenvalue weighted by Gasteiger charge is -2.03. The molecule has 0 amide bonds. The topological polar surface area (TPSA) is 167 Å². The predicted octanol–water partition coefficient (Wildman–Crippen LogP) is -1.40. The smallest absolute Gasteiger partial charge is 0.476 e. The largest absolute Gasteiger partial charge is 0.526 e. The number of hydrogen-bond donors (Lipinski definition) is 1. The average Bonchev–Trinajstić information content (AvgIpc) is 1.96. The lowest BCUT2D eigenvalue weighted by atomic mass is 10.2. The van der Waals surface area contributed by atoms with Gasteiger partial charge in [-0.2, -0.15) is 0 Å². The standard InChI is InChI=1S/C3H3N3O8/c7-3(8)1(4(9)10)2(5(11)12)6(13)14/h1-2H,(H,7,8). The van der Waals surface area contributed by atoms with Crippen molar-refractivity contribution in [1.29, 1.82) is 0 Å². The highest BCUT2D eigenvalue weighted by molar-refractivity contribution is 5.72. The van der Waals surface area contributed by atoms with Crippen LogP contribution in [0.15, 0.2) is 0 Å². The van der Waals surface area contributed by atoms with Gasteiger partial charge in [0, 0.05) is 0 Å². The summed E-state index contributed by atoms with van der Waals surface area (Å²) in [6, 6.07) is -2.89. The maximum atomic E-state index is 10.1. The molecule has 0 aromatic heterocycles. The SMILES string of the molecule is O=C(O)C(C([N+](=O)[O-])[N+](=O)[O-])[N+](=O)[O-]. The molecule has 0 heterocycles. The molecule has 0 aromatic rings. The van der Waals surface area contributed by atoms with Gasteiger partial charge in [0.1, 0.15) is 9.85 Å². The molecule has 14 heavy (non-hydrogen) atoms. The van der Waals surface area contributed by atoms with Crippen molar-refractivity contribution in [3.63, 3.8) is 0 Å². The molecule has 0 aliphatic rings. The Morgan fingerprint density at radius 1 is 1.00 bits per heavy atom. The van der Waals surface area contributed by atoms with Crippen LogP contribution in [0.5, 0.6) is 0 Å². The Morgan fingerprint density at radius 3 is 1.43 bits per heavy atom. The summed E-state index contributed by atoms with van der Waals surface area (Å²) in [5.41, 5.74) is 0. The quantitative estimate of drug-likeness (QED) is 0.327. The van der Waals surface area contributed by atoms with Crippen LogP contribution in [0.1, 0.15) is 0 Å². The van der Waals surface area contributed by atoms with Gasteiger partial charge in [-0.05, 0) is 0 Å². The van der Waals surface area contributed by atoms with E-state index in [1.54, 1.807) is 0 Å². The normalized spacial score (nSPS) is 12.1. The molecular formula is C3H3N3O8. The van der Waals surface area contributed by atoms with Crippen molar-refractivity contribution < 1.29 is 24.7 Å². The minimum Gasteiger partial charge on any atom is -0.476 e. The third kappa shape index (κ3) is 2.33. The molecule has 11 nitrogen and oxygen atoms in total. The zero-order chi connectivity index (χ0) is 11.5. The first-order valence-corrected chi connectivity index (χ1v) is 2.92. The summed E-state index contributed by atoms with van der Waals surface area (Å²) >= 11 is 0. The first-order valence-electron chi connectivity index (χ1n) is 2.92. The highest BCUT2D eigenvalue weighted by atomic mass is 16.7. The van der Waals surface area contributed by atoms with Gasteiger partial charge in [-0.3, -0.25) is 30.3 Å². The number of aliphatic carboxylic acids is 1. The molecule has 0 rings (SSSR count). The molecule has 78 valence electrons. The summed E-state index contributed by atoms with van der Waals surface area (Å²) in [6.07, 6.45) is -2.98. The van der Waals surface area contributed by atoms with Gasteiger partial charge in [0.05, 0.1) is 4.92 Å². The van der Waals surface area contributed by atoms with Crippen LogP contribution in [0.3, 0.4) is 0 Å². The summed E-state index contributed by atoms with van der Waals surface area (Å²) in [4.78, 5) is 35.3. The van der Waals surface area contributed by atoms with Crippen LogP contribution in [0.25, 0.3) is 0 Å². The number of carboxylic acids is 1. The second kappa shape index (κ2) is 4.06. The molecule has 0 saturated heterocycles. The monoisotopic (exact) mass is 209 g/mol. The van der Waals surface area contributed by atoms with Crippen LogP contribution < -0.4 is 0 Å². The van der Waals surface area contributed by atoms with Crippen molar-refractivity contribution in [2.24, 2.45) is 0 Å². The fourth-order valence-electron chi connectivity index (χ4n) is 0.634. The number of hydrogen-bond acceptors (Lipinski definition) is 7. The number of nitro groups is 3. The number of carbonyl (C=O) groups is 1. The van der Waals surface area contributed by atoms with Crippen LogP contribution in [-0.4, -0.2) is 38.1 Å². The Morgan fingerprint density at radius 2 is 1.36 bits per heavy atom. The molecule has 0 saturated carbocycles. The first-order chi connectivity index (χ1) is 6.29. The number of rotatable bonds is 5. The number of nitrogens with zero attached hydrogens (tertiary/aromatic N) is 3. The van der Waals surface area contributed by atoms with Crippen molar-refractivity contribution in [2.45, 2.75) is 12.2 Å². The third-order valence-electron chi connectivity index (χ3n) is 1.19. The Kier molecular flexibility index (Phi) is 3.39. The zero-order valence-corrected chi connectivity index (χ0v) is 6.30. The molecule has 11 heteroatoms. The first kappa shape index (κ1) is 11.7. The molecular weight excluding hydrogens is 206 g/mol. The second-order valence-corrected chi connectivity index (χ2v) is 2.05. The van der Waals surface area contributed by atoms with E-state index in [-0.39, 0.29) is 0 Å². The van der Waals surface area contributed by atoms with Gasteiger partial charge < -0.3 is 5.11 Å². The van der Waals surface area contributed by atoms with Crippen LogP contribution in [-0.2, 0) is 4.79 Å². The molecule has 0 radical (unpaired) electrons. The van der Waals surface area contributed by atoms with E-state index in [0.717, 1.165) is 0 Å². The van der Waals surface area contributed by atoms with E-state index >= 15 is 0 Å². The van der Waals surface area contributed by atoms with Gasteiger partial charge in [0.15, 0.2) is 0 Å². The Labute approximate surface area is 74.4 Å². The summed E-state index contributed by atoms with van der Waals surface area (Å²) in [5.74, 6) is -2.23. The van der Waals surface area contributed by atoms with E-state index in [1.165, 1.54) is 0 Å². The molecule has 1 N–H and O–H groups in total. The fourth-order valence-corrected chi connectivity index (χ4v) is 0.634. The van der Waals surface area contributed by atoms with Gasteiger partial charge in [-0.25, -0.2) is 4.79 Å². The molecule has 0 aliphatic heterocycles. The summed E-state index contributed by atoms with van der Waals surface area (Å²) < 4.78 is 0. The Hall–Kier alpha value is -2.33. The molecule has 0 bridgehead atoms. The van der Waals surface area contributed by atoms with Gasteiger partial charge in [-0.1, -0.05) is 0 Å². The molecule has 0 spiro atoms. The zero-order valence-electron chi connectivity index (χ0n) is 6.30. The predicted molar refractivity (Wildman–Crippen MR) is 36.2 cm³/mol. The molecule has 0 aliphatic carbocycles. The lowest BCUT2D eigenvalue weighted by Crippen LogP contribution is -2.49. The Balaban J connectivity index is 5.13. The summed E-state index contributed by atoms with van der Waals surface area (Å²) in [5, 5.41) is 38.1. The molecule has 0 aromatic carbocycles. The van der Waals surface area contributed by atoms with E-state index in [9.17, 15) is 35.1 Å². The highest BCUT2D eigenvalue weighted by Crippen LogP contribution is 2.03. The highest BCUT2D eigenvalue weighted by Gasteiger charge is 2.56. The van der Waals surface area contributed by atoms with Crippen molar-refractivity contribution in [1.82, 2.24) is 0 Å². The maximum Gasteiger partial charge on any atom is 0.526 e. The lowest BCUT2D eigenvalue weighted by molar-refractivity contribution is -0.777. The average molecular weight is 209 g/mol. The van der Waals surface area contributed by atoms with E-state index in [2.05, 4.69) is 0 Å². The van der Waals surface area contributed by atoms with Crippen LogP contribution in [0.4, 0.5) is 0 Å². The van der Waals surface area contributed by atoms with Crippen LogP contribution in [0, 0.1) is 30.3 Å². The fraction of sp³-hybridized carbons (Fsp3) is 0.667. The van der Waals surface area contributed by atoms with Gasteiger partial charge in [-0.15, -0.1) is 0 Å². The minimum absolute atomic E-state index is 1.58. The molecule has 0 fully saturated rings. The maximum absolute atomic E-state index is 10.1. The van der Waals surface area contributed by atoms with E-state index in [1.807, 2.05) is 0 Å². The van der Waals surface area contributed by atoms with E-state index in [4.69, 9.17) is 5.11 Å². The molecule has 1 atom stereocenters. The van der Waals surface area contributed by atoms with Crippen LogP contribution in [0.2, 0.25) is 0 Å².